The van der Waals surface area contributed by atoms with Crippen molar-refractivity contribution < 1.29 is 0 Å². The zero-order chi connectivity index (χ0) is 29.0. The van der Waals surface area contributed by atoms with E-state index in [4.69, 9.17) is 4.98 Å². The summed E-state index contributed by atoms with van der Waals surface area (Å²) in [4.78, 5) is 5.15. The van der Waals surface area contributed by atoms with Gasteiger partial charge in [-0.25, -0.2) is 4.98 Å². The quantitative estimate of drug-likeness (QED) is 0.155. The van der Waals surface area contributed by atoms with Gasteiger partial charge < -0.3 is 0 Å². The van der Waals surface area contributed by atoms with Crippen molar-refractivity contribution in [2.24, 2.45) is 0 Å². The minimum atomic E-state index is 1.02. The Morgan fingerprint density at radius 2 is 0.818 bits per heavy atom. The molecule has 0 amide bonds. The number of nitrogens with zero attached hydrogens (tertiary/aromatic N) is 1. The van der Waals surface area contributed by atoms with Crippen LogP contribution in [0.3, 0.4) is 0 Å². The van der Waals surface area contributed by atoms with Gasteiger partial charge in [-0.05, 0) is 78.5 Å². The van der Waals surface area contributed by atoms with Crippen molar-refractivity contribution in [3.8, 4) is 33.4 Å². The third kappa shape index (κ3) is 3.83. The monoisotopic (exact) mass is 557 g/mol. The van der Waals surface area contributed by atoms with Crippen LogP contribution in [0.2, 0.25) is 0 Å². The lowest BCUT2D eigenvalue weighted by atomic mass is 9.84. The minimum absolute atomic E-state index is 1.02. The number of para-hydroxylation sites is 1. The first-order valence-electron chi connectivity index (χ1n) is 15.1. The maximum atomic E-state index is 5.15. The van der Waals surface area contributed by atoms with Crippen molar-refractivity contribution in [2.45, 2.75) is 0 Å². The first kappa shape index (κ1) is 24.8. The molecule has 0 bridgehead atoms. The van der Waals surface area contributed by atoms with E-state index in [0.717, 1.165) is 21.8 Å². The van der Waals surface area contributed by atoms with Crippen LogP contribution in [0.15, 0.2) is 164 Å². The lowest BCUT2D eigenvalue weighted by Gasteiger charge is -2.19. The van der Waals surface area contributed by atoms with Crippen LogP contribution in [-0.4, -0.2) is 4.98 Å². The average molecular weight is 558 g/mol. The summed E-state index contributed by atoms with van der Waals surface area (Å²) in [6.07, 6.45) is 0. The molecule has 1 nitrogen and oxygen atoms in total. The van der Waals surface area contributed by atoms with E-state index in [1.54, 1.807) is 0 Å². The van der Waals surface area contributed by atoms with Crippen molar-refractivity contribution in [1.29, 1.82) is 0 Å². The summed E-state index contributed by atoms with van der Waals surface area (Å²) in [6.45, 7) is 0. The second-order valence-electron chi connectivity index (χ2n) is 11.5. The normalized spacial score (nSPS) is 11.6. The number of hydrogen-bond acceptors (Lipinski definition) is 1. The molecule has 1 aromatic heterocycles. The first-order valence-corrected chi connectivity index (χ1v) is 15.1. The Morgan fingerprint density at radius 1 is 0.318 bits per heavy atom. The SMILES string of the molecule is c1ccc(-c2ccc(-c3c4ccccc4c(-c4cc5cc6ccccc6nc5c5ccccc45)c4ccccc34)cc2)cc1. The van der Waals surface area contributed by atoms with Crippen LogP contribution >= 0.6 is 0 Å². The van der Waals surface area contributed by atoms with Gasteiger partial charge in [0.1, 0.15) is 0 Å². The third-order valence-corrected chi connectivity index (χ3v) is 9.01. The van der Waals surface area contributed by atoms with Crippen LogP contribution in [0.5, 0.6) is 0 Å². The van der Waals surface area contributed by atoms with Crippen LogP contribution in [0, 0.1) is 0 Å². The van der Waals surface area contributed by atoms with Crippen molar-refractivity contribution in [3.63, 3.8) is 0 Å². The zero-order valence-corrected chi connectivity index (χ0v) is 24.0. The molecule has 1 heterocycles. The van der Waals surface area contributed by atoms with Crippen LogP contribution in [0.1, 0.15) is 0 Å². The maximum absolute atomic E-state index is 5.15. The minimum Gasteiger partial charge on any atom is -0.247 e. The van der Waals surface area contributed by atoms with Crippen molar-refractivity contribution >= 4 is 54.1 Å². The first-order chi connectivity index (χ1) is 21.8. The molecule has 0 aliphatic rings. The number of rotatable bonds is 3. The lowest BCUT2D eigenvalue weighted by molar-refractivity contribution is 1.51. The van der Waals surface area contributed by atoms with Gasteiger partial charge in [0.2, 0.25) is 0 Å². The molecule has 0 unspecified atom stereocenters. The second kappa shape index (κ2) is 9.90. The van der Waals surface area contributed by atoms with Crippen LogP contribution in [-0.2, 0) is 0 Å². The Bertz CT molecular complexity index is 2470. The molecular weight excluding hydrogens is 530 g/mol. The van der Waals surface area contributed by atoms with Crippen molar-refractivity contribution in [2.75, 3.05) is 0 Å². The summed E-state index contributed by atoms with van der Waals surface area (Å²) in [5, 5.41) is 9.75. The highest BCUT2D eigenvalue weighted by Crippen LogP contribution is 2.46. The van der Waals surface area contributed by atoms with E-state index in [2.05, 4.69) is 164 Å². The summed E-state index contributed by atoms with van der Waals surface area (Å²) in [7, 11) is 0. The molecule has 9 aromatic rings. The van der Waals surface area contributed by atoms with E-state index in [9.17, 15) is 0 Å². The average Bonchev–Trinajstić information content (AvgIpc) is 3.10. The molecule has 8 aromatic carbocycles. The smallest absolute Gasteiger partial charge is 0.0788 e. The molecule has 0 saturated heterocycles. The van der Waals surface area contributed by atoms with Gasteiger partial charge in [0.05, 0.1) is 11.0 Å². The Kier molecular flexibility index (Phi) is 5.57. The summed E-state index contributed by atoms with van der Waals surface area (Å²) < 4.78 is 0. The molecule has 0 aliphatic carbocycles. The van der Waals surface area contributed by atoms with Gasteiger partial charge in [-0.1, -0.05) is 146 Å². The van der Waals surface area contributed by atoms with Gasteiger partial charge in [-0.3, -0.25) is 0 Å². The van der Waals surface area contributed by atoms with E-state index in [0.29, 0.717) is 0 Å². The Balaban J connectivity index is 1.37. The van der Waals surface area contributed by atoms with Gasteiger partial charge in [-0.15, -0.1) is 0 Å². The van der Waals surface area contributed by atoms with Crippen LogP contribution < -0.4 is 0 Å². The van der Waals surface area contributed by atoms with Gasteiger partial charge in [0.15, 0.2) is 0 Å². The fourth-order valence-electron chi connectivity index (χ4n) is 7.01. The Labute approximate surface area is 255 Å². The number of benzene rings is 8. The van der Waals surface area contributed by atoms with Crippen molar-refractivity contribution in [1.82, 2.24) is 4.98 Å². The summed E-state index contributed by atoms with van der Waals surface area (Å²) >= 11 is 0. The van der Waals surface area contributed by atoms with Gasteiger partial charge in [0.25, 0.3) is 0 Å². The third-order valence-electron chi connectivity index (χ3n) is 9.01. The van der Waals surface area contributed by atoms with Crippen LogP contribution in [0.25, 0.3) is 87.5 Å². The fraction of sp³-hybridized carbons (Fsp3) is 0. The largest absolute Gasteiger partial charge is 0.247 e. The number of pyridine rings is 1. The highest BCUT2D eigenvalue weighted by Gasteiger charge is 2.19. The Morgan fingerprint density at radius 3 is 1.50 bits per heavy atom. The predicted octanol–water partition coefficient (Wildman–Crippen LogP) is 11.8. The molecule has 0 aliphatic heterocycles. The molecule has 0 saturated carbocycles. The maximum Gasteiger partial charge on any atom is 0.0788 e. The summed E-state index contributed by atoms with van der Waals surface area (Å²) in [6, 6.07) is 59.2. The van der Waals surface area contributed by atoms with E-state index in [1.807, 2.05) is 0 Å². The molecule has 0 atom stereocenters. The van der Waals surface area contributed by atoms with Gasteiger partial charge in [-0.2, -0.15) is 0 Å². The molecule has 1 heteroatoms. The number of hydrogen-bond donors (Lipinski definition) is 0. The lowest BCUT2D eigenvalue weighted by Crippen LogP contribution is -1.93. The highest BCUT2D eigenvalue weighted by atomic mass is 14.7. The molecular formula is C43H27N. The highest BCUT2D eigenvalue weighted by molar-refractivity contribution is 6.25. The van der Waals surface area contributed by atoms with E-state index in [1.165, 1.54) is 65.7 Å². The Hall–Kier alpha value is -5.79. The molecule has 0 N–H and O–H groups in total. The fourth-order valence-corrected chi connectivity index (χ4v) is 7.01. The van der Waals surface area contributed by atoms with E-state index in [-0.39, 0.29) is 0 Å². The summed E-state index contributed by atoms with van der Waals surface area (Å²) in [5.74, 6) is 0. The molecule has 204 valence electrons. The van der Waals surface area contributed by atoms with Crippen molar-refractivity contribution in [3.05, 3.63) is 164 Å². The van der Waals surface area contributed by atoms with E-state index < -0.39 is 0 Å². The molecule has 0 radical (unpaired) electrons. The van der Waals surface area contributed by atoms with E-state index >= 15 is 0 Å². The van der Waals surface area contributed by atoms with Gasteiger partial charge >= 0.3 is 0 Å². The predicted molar refractivity (Wildman–Crippen MR) is 188 cm³/mol. The van der Waals surface area contributed by atoms with Gasteiger partial charge in [0, 0.05) is 16.2 Å². The zero-order valence-electron chi connectivity index (χ0n) is 24.0. The molecule has 0 fully saturated rings. The summed E-state index contributed by atoms with van der Waals surface area (Å²) in [5.41, 5.74) is 9.54. The molecule has 9 rings (SSSR count). The topological polar surface area (TPSA) is 12.9 Å². The standard InChI is InChI=1S/C43H27N/c1-2-12-28(13-3-1)29-22-24-30(25-23-29)41-34-16-6-8-18-36(34)42(37-19-9-7-17-35(37)41)39-27-32-26-31-14-4-11-21-40(31)44-43(32)38-20-10-5-15-33(38)39/h1-27H. The molecule has 44 heavy (non-hydrogen) atoms. The number of aromatic nitrogens is 1. The second-order valence-corrected chi connectivity index (χ2v) is 11.5. The molecule has 0 spiro atoms. The number of fused-ring (bicyclic) bond motifs is 6. The van der Waals surface area contributed by atoms with Crippen LogP contribution in [0.4, 0.5) is 0 Å².